The molecule has 1 heterocycles. The Balaban J connectivity index is 1.76. The average molecular weight is 307 g/mol. The van der Waals surface area contributed by atoms with Gasteiger partial charge in [-0.15, -0.1) is 0 Å². The number of nitrogens with one attached hydrogen (secondary N) is 1. The number of halogens is 1. The average Bonchev–Trinajstić information content (AvgIpc) is 3.26. The Bertz CT molecular complexity index is 726. The van der Waals surface area contributed by atoms with Gasteiger partial charge in [-0.3, -0.25) is 19.4 Å². The van der Waals surface area contributed by atoms with Crippen LogP contribution in [0, 0.1) is 0 Å². The van der Waals surface area contributed by atoms with E-state index in [1.165, 1.54) is 4.68 Å². The Morgan fingerprint density at radius 3 is 2.67 bits per heavy atom. The smallest absolute Gasteiger partial charge is 0.277 e. The third-order valence-corrected chi connectivity index (χ3v) is 3.78. The predicted octanol–water partition coefficient (Wildman–Crippen LogP) is 2.51. The zero-order chi connectivity index (χ0) is 15.0. The van der Waals surface area contributed by atoms with E-state index in [9.17, 15) is 9.59 Å². The third-order valence-electron chi connectivity index (χ3n) is 3.52. The van der Waals surface area contributed by atoms with Crippen molar-refractivity contribution < 1.29 is 9.53 Å². The highest BCUT2D eigenvalue weighted by atomic mass is 35.5. The van der Waals surface area contributed by atoms with Gasteiger partial charge in [0.05, 0.1) is 5.69 Å². The predicted molar refractivity (Wildman–Crippen MR) is 79.3 cm³/mol. The van der Waals surface area contributed by atoms with Crippen LogP contribution in [0.3, 0.4) is 0 Å². The summed E-state index contributed by atoms with van der Waals surface area (Å²) in [6, 6.07) is 6.75. The number of aromatic nitrogens is 2. The summed E-state index contributed by atoms with van der Waals surface area (Å²) in [6.45, 7) is -0.158. The maximum Gasteiger partial charge on any atom is 0.277 e. The summed E-state index contributed by atoms with van der Waals surface area (Å²) in [5.41, 5.74) is 0.683. The van der Waals surface area contributed by atoms with Gasteiger partial charge in [0.25, 0.3) is 5.56 Å². The lowest BCUT2D eigenvalue weighted by Gasteiger charge is -2.05. The standard InChI is InChI=1S/C15H15ClN2O3/c1-18-15(20)13(14(17-18)9-2-3-9)12(19)8-21-11-6-4-10(16)5-7-11/h4-7,9,17H,2-3,8H2,1H3. The number of ketones is 1. The van der Waals surface area contributed by atoms with Crippen LogP contribution in [-0.4, -0.2) is 22.2 Å². The molecule has 0 aliphatic heterocycles. The number of Topliss-reactive ketones (excluding diaryl/α,β-unsaturated/α-hetero) is 1. The zero-order valence-corrected chi connectivity index (χ0v) is 12.3. The van der Waals surface area contributed by atoms with Gasteiger partial charge >= 0.3 is 0 Å². The first-order valence-corrected chi connectivity index (χ1v) is 7.14. The molecule has 0 saturated heterocycles. The van der Waals surface area contributed by atoms with Crippen LogP contribution in [-0.2, 0) is 7.05 Å². The third kappa shape index (κ3) is 2.88. The van der Waals surface area contributed by atoms with Gasteiger partial charge < -0.3 is 4.74 Å². The number of hydrogen-bond acceptors (Lipinski definition) is 3. The number of ether oxygens (including phenoxy) is 1. The molecule has 1 aromatic carbocycles. The molecule has 1 aliphatic carbocycles. The van der Waals surface area contributed by atoms with Crippen LogP contribution >= 0.6 is 11.6 Å². The van der Waals surface area contributed by atoms with Gasteiger partial charge in [0, 0.05) is 18.0 Å². The number of hydrogen-bond donors (Lipinski definition) is 1. The van der Waals surface area contributed by atoms with Gasteiger partial charge in [-0.1, -0.05) is 11.6 Å². The number of H-pyrrole nitrogens is 1. The molecule has 1 fully saturated rings. The summed E-state index contributed by atoms with van der Waals surface area (Å²) in [4.78, 5) is 24.3. The van der Waals surface area contributed by atoms with Crippen molar-refractivity contribution in [2.75, 3.05) is 6.61 Å². The highest BCUT2D eigenvalue weighted by Gasteiger charge is 2.32. The first-order valence-electron chi connectivity index (χ1n) is 6.76. The van der Waals surface area contributed by atoms with E-state index in [1.54, 1.807) is 31.3 Å². The molecule has 0 radical (unpaired) electrons. The van der Waals surface area contributed by atoms with Crippen LogP contribution in [0.2, 0.25) is 5.02 Å². The van der Waals surface area contributed by atoms with Crippen LogP contribution in [0.4, 0.5) is 0 Å². The molecule has 0 bridgehead atoms. The maximum absolute atomic E-state index is 12.3. The summed E-state index contributed by atoms with van der Waals surface area (Å²) in [6.07, 6.45) is 2.02. The van der Waals surface area contributed by atoms with Crippen molar-refractivity contribution >= 4 is 17.4 Å². The molecule has 1 aromatic heterocycles. The summed E-state index contributed by atoms with van der Waals surface area (Å²) < 4.78 is 6.78. The van der Waals surface area contributed by atoms with E-state index in [1.807, 2.05) is 0 Å². The molecule has 0 unspecified atom stereocenters. The first kappa shape index (κ1) is 13.9. The van der Waals surface area contributed by atoms with Gasteiger partial charge in [0.15, 0.2) is 6.61 Å². The van der Waals surface area contributed by atoms with E-state index in [4.69, 9.17) is 16.3 Å². The van der Waals surface area contributed by atoms with Gasteiger partial charge in [-0.05, 0) is 37.1 Å². The number of nitrogens with zero attached hydrogens (tertiary/aromatic N) is 1. The fourth-order valence-corrected chi connectivity index (χ4v) is 2.39. The maximum atomic E-state index is 12.3. The SMILES string of the molecule is Cn1[nH]c(C2CC2)c(C(=O)COc2ccc(Cl)cc2)c1=O. The van der Waals surface area contributed by atoms with E-state index in [0.717, 1.165) is 18.5 Å². The van der Waals surface area contributed by atoms with E-state index in [2.05, 4.69) is 5.10 Å². The van der Waals surface area contributed by atoms with Gasteiger partial charge in [0.2, 0.25) is 5.78 Å². The molecule has 6 heteroatoms. The number of carbonyl (C=O) groups is 1. The summed E-state index contributed by atoms with van der Waals surface area (Å²) in [7, 11) is 1.62. The fourth-order valence-electron chi connectivity index (χ4n) is 2.26. The number of aromatic amines is 1. The molecule has 21 heavy (non-hydrogen) atoms. The minimum Gasteiger partial charge on any atom is -0.485 e. The Hall–Kier alpha value is -2.01. The molecule has 1 N–H and O–H groups in total. The largest absolute Gasteiger partial charge is 0.485 e. The van der Waals surface area contributed by atoms with E-state index in [-0.39, 0.29) is 23.5 Å². The van der Waals surface area contributed by atoms with Crippen LogP contribution < -0.4 is 10.3 Å². The van der Waals surface area contributed by atoms with Crippen LogP contribution in [0.25, 0.3) is 0 Å². The monoisotopic (exact) mass is 306 g/mol. The van der Waals surface area contributed by atoms with Crippen molar-refractivity contribution in [3.05, 3.63) is 50.9 Å². The zero-order valence-electron chi connectivity index (χ0n) is 11.6. The summed E-state index contributed by atoms with van der Waals surface area (Å²) in [5.74, 6) is 0.551. The molecule has 0 amide bonds. The summed E-state index contributed by atoms with van der Waals surface area (Å²) >= 11 is 5.79. The Kier molecular flexibility index (Phi) is 3.59. The normalized spacial score (nSPS) is 14.2. The quantitative estimate of drug-likeness (QED) is 0.863. The minimum absolute atomic E-state index is 0.158. The second-order valence-corrected chi connectivity index (χ2v) is 5.64. The van der Waals surface area contributed by atoms with Gasteiger partial charge in [0.1, 0.15) is 11.3 Å². The first-order chi connectivity index (χ1) is 10.1. The molecular formula is C15H15ClN2O3. The molecule has 3 rings (SSSR count). The van der Waals surface area contributed by atoms with E-state index < -0.39 is 0 Å². The van der Waals surface area contributed by atoms with Crippen LogP contribution in [0.5, 0.6) is 5.75 Å². The van der Waals surface area contributed by atoms with E-state index in [0.29, 0.717) is 16.7 Å². The lowest BCUT2D eigenvalue weighted by molar-refractivity contribution is 0.0919. The molecule has 0 atom stereocenters. The van der Waals surface area contributed by atoms with E-state index >= 15 is 0 Å². The van der Waals surface area contributed by atoms with Crippen molar-refractivity contribution in [3.63, 3.8) is 0 Å². The molecule has 1 saturated carbocycles. The van der Waals surface area contributed by atoms with Crippen molar-refractivity contribution in [1.29, 1.82) is 0 Å². The fraction of sp³-hybridized carbons (Fsp3) is 0.333. The molecule has 1 aliphatic rings. The molecule has 110 valence electrons. The minimum atomic E-state index is -0.297. The summed E-state index contributed by atoms with van der Waals surface area (Å²) in [5, 5.41) is 3.57. The van der Waals surface area contributed by atoms with Crippen LogP contribution in [0.1, 0.15) is 34.8 Å². The number of carbonyl (C=O) groups excluding carboxylic acids is 1. The van der Waals surface area contributed by atoms with Crippen molar-refractivity contribution in [1.82, 2.24) is 9.78 Å². The number of benzene rings is 1. The molecule has 0 spiro atoms. The number of rotatable bonds is 5. The lowest BCUT2D eigenvalue weighted by Crippen LogP contribution is -2.23. The second-order valence-electron chi connectivity index (χ2n) is 5.20. The number of aryl methyl sites for hydroxylation is 1. The second kappa shape index (κ2) is 5.41. The highest BCUT2D eigenvalue weighted by molar-refractivity contribution is 6.30. The van der Waals surface area contributed by atoms with Crippen molar-refractivity contribution in [2.45, 2.75) is 18.8 Å². The molecule has 5 nitrogen and oxygen atoms in total. The van der Waals surface area contributed by atoms with Gasteiger partial charge in [-0.2, -0.15) is 0 Å². The van der Waals surface area contributed by atoms with Crippen molar-refractivity contribution in [2.24, 2.45) is 7.05 Å². The molecular weight excluding hydrogens is 292 g/mol. The Morgan fingerprint density at radius 2 is 2.05 bits per heavy atom. The highest BCUT2D eigenvalue weighted by Crippen LogP contribution is 2.40. The Labute approximate surface area is 126 Å². The lowest BCUT2D eigenvalue weighted by atomic mass is 10.1. The molecule has 2 aromatic rings. The van der Waals surface area contributed by atoms with Crippen molar-refractivity contribution in [3.8, 4) is 5.75 Å². The van der Waals surface area contributed by atoms with Crippen LogP contribution in [0.15, 0.2) is 29.1 Å². The van der Waals surface area contributed by atoms with Gasteiger partial charge in [-0.25, -0.2) is 0 Å². The topological polar surface area (TPSA) is 64.1 Å². The Morgan fingerprint density at radius 1 is 1.38 bits per heavy atom.